The zero-order chi connectivity index (χ0) is 22.8. The Balaban J connectivity index is 1.26. The molecule has 3 heterocycles. The van der Waals surface area contributed by atoms with Crippen LogP contribution in [-0.2, 0) is 0 Å². The van der Waals surface area contributed by atoms with E-state index in [1.807, 2.05) is 13.0 Å². The van der Waals surface area contributed by atoms with Crippen molar-refractivity contribution >= 4 is 39.1 Å². The Morgan fingerprint density at radius 3 is 2.42 bits per heavy atom. The van der Waals surface area contributed by atoms with Crippen LogP contribution in [0.3, 0.4) is 0 Å². The second-order valence-corrected chi connectivity index (χ2v) is 10.4. The fourth-order valence-corrected chi connectivity index (χ4v) is 6.19. The van der Waals surface area contributed by atoms with E-state index in [-0.39, 0.29) is 17.9 Å². The summed E-state index contributed by atoms with van der Waals surface area (Å²) >= 11 is 1.50. The number of nitrogens with zero attached hydrogens (tertiary/aromatic N) is 3. The molecule has 0 atom stereocenters. The van der Waals surface area contributed by atoms with E-state index in [0.717, 1.165) is 41.6 Å². The van der Waals surface area contributed by atoms with Crippen molar-refractivity contribution in [1.29, 1.82) is 0 Å². The average molecular weight is 466 g/mol. The smallest absolute Gasteiger partial charge is 0.270 e. The van der Waals surface area contributed by atoms with E-state index in [9.17, 15) is 9.59 Å². The van der Waals surface area contributed by atoms with Crippen LogP contribution in [0, 0.1) is 6.92 Å². The molecule has 0 saturated heterocycles. The van der Waals surface area contributed by atoms with Gasteiger partial charge in [-0.25, -0.2) is 4.98 Å². The molecule has 2 aliphatic rings. The van der Waals surface area contributed by atoms with Gasteiger partial charge in [-0.05, 0) is 50.8 Å². The lowest BCUT2D eigenvalue weighted by Crippen LogP contribution is -2.36. The average Bonchev–Trinajstić information content (AvgIpc) is 3.41. The highest BCUT2D eigenvalue weighted by Crippen LogP contribution is 2.35. The van der Waals surface area contributed by atoms with Crippen LogP contribution in [0.15, 0.2) is 24.4 Å². The van der Waals surface area contributed by atoms with Crippen LogP contribution in [0.1, 0.15) is 96.1 Å². The van der Waals surface area contributed by atoms with Crippen LogP contribution in [-0.4, -0.2) is 32.6 Å². The van der Waals surface area contributed by atoms with Gasteiger partial charge in [0.1, 0.15) is 10.5 Å². The van der Waals surface area contributed by atoms with E-state index in [1.165, 1.54) is 49.9 Å². The van der Waals surface area contributed by atoms with Gasteiger partial charge in [0.25, 0.3) is 11.8 Å². The van der Waals surface area contributed by atoms with Crippen molar-refractivity contribution in [3.05, 3.63) is 40.7 Å². The van der Waals surface area contributed by atoms with Gasteiger partial charge in [-0.3, -0.25) is 14.3 Å². The van der Waals surface area contributed by atoms with Gasteiger partial charge in [0.2, 0.25) is 0 Å². The Labute approximate surface area is 198 Å². The number of aromatic nitrogens is 3. The number of thiophene rings is 1. The fraction of sp³-hybridized carbons (Fsp3) is 0.520. The molecule has 2 amide bonds. The molecule has 5 rings (SSSR count). The van der Waals surface area contributed by atoms with Crippen LogP contribution in [0.2, 0.25) is 0 Å². The second kappa shape index (κ2) is 9.63. The number of hydrogen-bond acceptors (Lipinski definition) is 5. The van der Waals surface area contributed by atoms with Crippen LogP contribution < -0.4 is 10.6 Å². The summed E-state index contributed by atoms with van der Waals surface area (Å²) in [6.45, 7) is 2.01. The highest BCUT2D eigenvalue weighted by Gasteiger charge is 2.23. The molecule has 0 spiro atoms. The summed E-state index contributed by atoms with van der Waals surface area (Å²) in [6, 6.07) is 6.03. The molecular weight excluding hydrogens is 434 g/mol. The molecule has 2 N–H and O–H groups in total. The molecule has 8 heteroatoms. The van der Waals surface area contributed by atoms with Crippen LogP contribution >= 0.6 is 11.3 Å². The topological polar surface area (TPSA) is 88.9 Å². The summed E-state index contributed by atoms with van der Waals surface area (Å²) in [5, 5.41) is 11.8. The molecule has 174 valence electrons. The Bertz CT molecular complexity index is 1140. The summed E-state index contributed by atoms with van der Waals surface area (Å²) in [6.07, 6.45) is 13.3. The highest BCUT2D eigenvalue weighted by atomic mass is 32.1. The molecule has 2 aliphatic carbocycles. The zero-order valence-electron chi connectivity index (χ0n) is 19.1. The van der Waals surface area contributed by atoms with Gasteiger partial charge in [0.05, 0.1) is 28.5 Å². The first-order chi connectivity index (χ1) is 16.1. The third-order valence-corrected chi connectivity index (χ3v) is 8.03. The Morgan fingerprint density at radius 1 is 1.00 bits per heavy atom. The minimum atomic E-state index is -0.160. The number of amides is 2. The molecule has 33 heavy (non-hydrogen) atoms. The van der Waals surface area contributed by atoms with Gasteiger partial charge in [0.15, 0.2) is 0 Å². The minimum Gasteiger partial charge on any atom is -0.348 e. The number of carbonyl (C=O) groups is 2. The normalized spacial score (nSPS) is 17.8. The van der Waals surface area contributed by atoms with Crippen molar-refractivity contribution < 1.29 is 9.59 Å². The molecule has 2 saturated carbocycles. The Kier molecular flexibility index (Phi) is 6.44. The Morgan fingerprint density at radius 2 is 1.73 bits per heavy atom. The first kappa shape index (κ1) is 22.1. The van der Waals surface area contributed by atoms with Crippen molar-refractivity contribution in [3.8, 4) is 0 Å². The molecule has 3 aromatic rings. The van der Waals surface area contributed by atoms with Gasteiger partial charge in [-0.2, -0.15) is 5.10 Å². The number of aryl methyl sites for hydroxylation is 1. The number of nitrogens with one attached hydrogen (secondary N) is 2. The predicted octanol–water partition coefficient (Wildman–Crippen LogP) is 5.62. The van der Waals surface area contributed by atoms with Gasteiger partial charge < -0.3 is 10.6 Å². The van der Waals surface area contributed by atoms with Crippen molar-refractivity contribution in [2.75, 3.05) is 5.32 Å². The Hall–Kier alpha value is -2.74. The number of hydrogen-bond donors (Lipinski definition) is 2. The first-order valence-electron chi connectivity index (χ1n) is 12.2. The van der Waals surface area contributed by atoms with Gasteiger partial charge >= 0.3 is 0 Å². The van der Waals surface area contributed by atoms with E-state index in [0.29, 0.717) is 22.3 Å². The van der Waals surface area contributed by atoms with Crippen LogP contribution in [0.25, 0.3) is 10.2 Å². The number of pyridine rings is 1. The van der Waals surface area contributed by atoms with Crippen LogP contribution in [0.5, 0.6) is 0 Å². The lowest BCUT2D eigenvalue weighted by Gasteiger charge is -2.22. The summed E-state index contributed by atoms with van der Waals surface area (Å²) in [5.74, 6) is -0.306. The monoisotopic (exact) mass is 465 g/mol. The second-order valence-electron chi connectivity index (χ2n) is 9.35. The molecular formula is C25H31N5O2S. The van der Waals surface area contributed by atoms with Gasteiger partial charge in [-0.15, -0.1) is 11.3 Å². The number of anilines is 1. The van der Waals surface area contributed by atoms with Crippen molar-refractivity contribution in [3.63, 3.8) is 0 Å². The van der Waals surface area contributed by atoms with E-state index >= 15 is 0 Å². The molecule has 0 aromatic carbocycles. The molecule has 0 unspecified atom stereocenters. The molecule has 0 bridgehead atoms. The fourth-order valence-electron chi connectivity index (χ4n) is 5.06. The predicted molar refractivity (Wildman–Crippen MR) is 131 cm³/mol. The molecule has 0 radical (unpaired) electrons. The quantitative estimate of drug-likeness (QED) is 0.512. The highest BCUT2D eigenvalue weighted by molar-refractivity contribution is 7.20. The summed E-state index contributed by atoms with van der Waals surface area (Å²) < 4.78 is 2.15. The number of rotatable bonds is 5. The number of carbonyl (C=O) groups excluding carboxylic acids is 2. The van der Waals surface area contributed by atoms with Crippen LogP contribution in [0.4, 0.5) is 5.69 Å². The maximum absolute atomic E-state index is 12.9. The molecule has 2 fully saturated rings. The first-order valence-corrected chi connectivity index (χ1v) is 13.0. The summed E-state index contributed by atoms with van der Waals surface area (Å²) in [5.41, 5.74) is 1.93. The summed E-state index contributed by atoms with van der Waals surface area (Å²) in [7, 11) is 0. The number of fused-ring (bicyclic) bond motifs is 1. The lowest BCUT2D eigenvalue weighted by atomic mass is 9.95. The maximum Gasteiger partial charge on any atom is 0.270 e. The molecule has 7 nitrogen and oxygen atoms in total. The van der Waals surface area contributed by atoms with E-state index in [2.05, 4.69) is 20.3 Å². The molecule has 3 aromatic heterocycles. The maximum atomic E-state index is 12.9. The van der Waals surface area contributed by atoms with Crippen molar-refractivity contribution in [1.82, 2.24) is 20.1 Å². The third-order valence-electron chi connectivity index (χ3n) is 6.91. The summed E-state index contributed by atoms with van der Waals surface area (Å²) in [4.78, 5) is 31.4. The van der Waals surface area contributed by atoms with Crippen molar-refractivity contribution in [2.45, 2.75) is 83.2 Å². The van der Waals surface area contributed by atoms with E-state index in [4.69, 9.17) is 5.10 Å². The minimum absolute atomic E-state index is 0.146. The van der Waals surface area contributed by atoms with Crippen molar-refractivity contribution in [2.24, 2.45) is 0 Å². The molecule has 0 aliphatic heterocycles. The standard InChI is InChI=1S/C25H31N5O2S/c1-16-20-14-22(33-25(20)30(29-16)19-10-6-3-7-11-19)24(32)28-18-12-13-21(26-15-18)23(31)27-17-8-4-2-5-9-17/h12-15,17,19H,2-11H2,1H3,(H,27,31)(H,28,32). The SMILES string of the molecule is Cc1nn(C2CCCCC2)c2sc(C(=O)Nc3ccc(C(=O)NC4CCCCC4)nc3)cc12. The van der Waals surface area contributed by atoms with E-state index in [1.54, 1.807) is 18.3 Å². The third kappa shape index (κ3) is 4.81. The zero-order valence-corrected chi connectivity index (χ0v) is 19.9. The lowest BCUT2D eigenvalue weighted by molar-refractivity contribution is 0.0922. The van der Waals surface area contributed by atoms with Gasteiger partial charge in [-0.1, -0.05) is 38.5 Å². The van der Waals surface area contributed by atoms with E-state index < -0.39 is 0 Å². The van der Waals surface area contributed by atoms with Gasteiger partial charge in [0, 0.05) is 11.4 Å². The largest absolute Gasteiger partial charge is 0.348 e.